The fourth-order valence-corrected chi connectivity index (χ4v) is 2.28. The van der Waals surface area contributed by atoms with Gasteiger partial charge in [0.15, 0.2) is 0 Å². The Bertz CT molecular complexity index is 486. The first-order valence-corrected chi connectivity index (χ1v) is 6.69. The Morgan fingerprint density at radius 2 is 2.00 bits per heavy atom. The highest BCUT2D eigenvalue weighted by molar-refractivity contribution is 6.30. The van der Waals surface area contributed by atoms with E-state index in [4.69, 9.17) is 16.7 Å². The number of carboxylic acids is 1. The quantitative estimate of drug-likeness (QED) is 0.872. The van der Waals surface area contributed by atoms with Crippen molar-refractivity contribution in [3.05, 3.63) is 34.9 Å². The first kappa shape index (κ1) is 13.9. The zero-order valence-electron chi connectivity index (χ0n) is 10.6. The second kappa shape index (κ2) is 5.61. The molecule has 1 aromatic carbocycles. The monoisotopic (exact) mass is 281 g/mol. The molecule has 102 valence electrons. The maximum absolute atomic E-state index is 11.9. The molecule has 4 nitrogen and oxygen atoms in total. The second-order valence-electron chi connectivity index (χ2n) is 4.81. The molecule has 1 aliphatic carbocycles. The number of carbonyl (C=O) groups excluding carboxylic acids is 1. The van der Waals surface area contributed by atoms with Crippen LogP contribution in [0, 0.1) is 11.8 Å². The molecule has 3 unspecified atom stereocenters. The Morgan fingerprint density at radius 3 is 2.47 bits per heavy atom. The molecule has 5 heteroatoms. The van der Waals surface area contributed by atoms with Crippen molar-refractivity contribution in [3.8, 4) is 0 Å². The van der Waals surface area contributed by atoms with E-state index in [1.807, 2.05) is 19.1 Å². The van der Waals surface area contributed by atoms with E-state index in [0.717, 1.165) is 12.0 Å². The molecular formula is C14H16ClNO3. The number of carbonyl (C=O) groups is 2. The van der Waals surface area contributed by atoms with Crippen molar-refractivity contribution in [2.75, 3.05) is 0 Å². The summed E-state index contributed by atoms with van der Waals surface area (Å²) in [7, 11) is 0. The fraction of sp³-hybridized carbons (Fsp3) is 0.429. The van der Waals surface area contributed by atoms with Gasteiger partial charge in [0.05, 0.1) is 17.9 Å². The van der Waals surface area contributed by atoms with Gasteiger partial charge in [-0.3, -0.25) is 9.59 Å². The summed E-state index contributed by atoms with van der Waals surface area (Å²) in [6, 6.07) is 7.21. The summed E-state index contributed by atoms with van der Waals surface area (Å²) < 4.78 is 0. The highest BCUT2D eigenvalue weighted by Crippen LogP contribution is 2.39. The highest BCUT2D eigenvalue weighted by Gasteiger charge is 2.48. The number of aliphatic carboxylic acids is 1. The van der Waals surface area contributed by atoms with Gasteiger partial charge in [0, 0.05) is 5.02 Å². The molecular weight excluding hydrogens is 266 g/mol. The Labute approximate surface area is 116 Å². The minimum atomic E-state index is -0.889. The van der Waals surface area contributed by atoms with Gasteiger partial charge in [0.25, 0.3) is 0 Å². The van der Waals surface area contributed by atoms with Crippen molar-refractivity contribution in [1.29, 1.82) is 0 Å². The van der Waals surface area contributed by atoms with Crippen molar-refractivity contribution in [3.63, 3.8) is 0 Å². The van der Waals surface area contributed by atoms with Gasteiger partial charge in [0.1, 0.15) is 0 Å². The van der Waals surface area contributed by atoms with Gasteiger partial charge in [-0.2, -0.15) is 0 Å². The SMILES string of the molecule is CCC(NC(=O)C1CC1C(=O)O)c1ccc(Cl)cc1. The van der Waals surface area contributed by atoms with Crippen LogP contribution in [0.25, 0.3) is 0 Å². The van der Waals surface area contributed by atoms with Crippen molar-refractivity contribution >= 4 is 23.5 Å². The van der Waals surface area contributed by atoms with E-state index in [0.29, 0.717) is 11.4 Å². The van der Waals surface area contributed by atoms with E-state index in [2.05, 4.69) is 5.32 Å². The van der Waals surface area contributed by atoms with Crippen molar-refractivity contribution in [2.45, 2.75) is 25.8 Å². The average molecular weight is 282 g/mol. The van der Waals surface area contributed by atoms with Crippen LogP contribution in [-0.2, 0) is 9.59 Å². The normalized spacial score (nSPS) is 22.6. The predicted molar refractivity (Wildman–Crippen MR) is 71.9 cm³/mol. The molecule has 1 aliphatic rings. The number of benzene rings is 1. The smallest absolute Gasteiger partial charge is 0.307 e. The van der Waals surface area contributed by atoms with Crippen LogP contribution in [0.4, 0.5) is 0 Å². The molecule has 0 heterocycles. The Hall–Kier alpha value is -1.55. The van der Waals surface area contributed by atoms with Crippen LogP contribution >= 0.6 is 11.6 Å². The van der Waals surface area contributed by atoms with Crippen LogP contribution in [0.2, 0.25) is 5.02 Å². The summed E-state index contributed by atoms with van der Waals surface area (Å²) in [5.41, 5.74) is 0.979. The standard InChI is InChI=1S/C14H16ClNO3/c1-2-12(8-3-5-9(15)6-4-8)16-13(17)10-7-11(10)14(18)19/h3-6,10-12H,2,7H2,1H3,(H,16,17)(H,18,19). The molecule has 1 amide bonds. The summed E-state index contributed by atoms with van der Waals surface area (Å²) in [6.07, 6.45) is 1.19. The number of nitrogens with one attached hydrogen (secondary N) is 1. The van der Waals surface area contributed by atoms with Crippen LogP contribution in [0.5, 0.6) is 0 Å². The van der Waals surface area contributed by atoms with Crippen molar-refractivity contribution in [1.82, 2.24) is 5.32 Å². The maximum atomic E-state index is 11.9. The second-order valence-corrected chi connectivity index (χ2v) is 5.24. The molecule has 2 N–H and O–H groups in total. The molecule has 3 atom stereocenters. The molecule has 1 fully saturated rings. The zero-order valence-corrected chi connectivity index (χ0v) is 11.4. The third-order valence-electron chi connectivity index (χ3n) is 3.44. The van der Waals surface area contributed by atoms with E-state index in [1.165, 1.54) is 0 Å². The number of hydrogen-bond donors (Lipinski definition) is 2. The highest BCUT2D eigenvalue weighted by atomic mass is 35.5. The van der Waals surface area contributed by atoms with Crippen LogP contribution in [0.3, 0.4) is 0 Å². The largest absolute Gasteiger partial charge is 0.481 e. The number of amides is 1. The lowest BCUT2D eigenvalue weighted by molar-refractivity contribution is -0.140. The summed E-state index contributed by atoms with van der Waals surface area (Å²) >= 11 is 5.83. The summed E-state index contributed by atoms with van der Waals surface area (Å²) in [6.45, 7) is 1.97. The van der Waals surface area contributed by atoms with Crippen LogP contribution in [0.15, 0.2) is 24.3 Å². The molecule has 0 aliphatic heterocycles. The Morgan fingerprint density at radius 1 is 1.37 bits per heavy atom. The summed E-state index contributed by atoms with van der Waals surface area (Å²) in [4.78, 5) is 22.7. The van der Waals surface area contributed by atoms with Gasteiger partial charge >= 0.3 is 5.97 Å². The van der Waals surface area contributed by atoms with Gasteiger partial charge in [-0.1, -0.05) is 30.7 Å². The summed E-state index contributed by atoms with van der Waals surface area (Å²) in [5, 5.41) is 12.4. The van der Waals surface area contributed by atoms with E-state index in [-0.39, 0.29) is 17.9 Å². The molecule has 19 heavy (non-hydrogen) atoms. The molecule has 0 bridgehead atoms. The zero-order chi connectivity index (χ0) is 14.0. The van der Waals surface area contributed by atoms with E-state index < -0.39 is 11.9 Å². The van der Waals surface area contributed by atoms with Gasteiger partial charge in [-0.25, -0.2) is 0 Å². The number of halogens is 1. The number of hydrogen-bond acceptors (Lipinski definition) is 2. The van der Waals surface area contributed by atoms with Gasteiger partial charge < -0.3 is 10.4 Å². The summed E-state index contributed by atoms with van der Waals surface area (Å²) in [5.74, 6) is -1.95. The lowest BCUT2D eigenvalue weighted by Gasteiger charge is -2.17. The molecule has 2 rings (SSSR count). The average Bonchev–Trinajstić information content (AvgIpc) is 3.17. The van der Waals surface area contributed by atoms with Crippen molar-refractivity contribution < 1.29 is 14.7 Å². The Kier molecular flexibility index (Phi) is 4.10. The Balaban J connectivity index is 1.98. The molecule has 1 aromatic rings. The lowest BCUT2D eigenvalue weighted by Crippen LogP contribution is -2.30. The topological polar surface area (TPSA) is 66.4 Å². The maximum Gasteiger partial charge on any atom is 0.307 e. The van der Waals surface area contributed by atoms with Gasteiger partial charge in [-0.15, -0.1) is 0 Å². The number of carboxylic acid groups (broad SMARTS) is 1. The molecule has 0 radical (unpaired) electrons. The molecule has 0 saturated heterocycles. The lowest BCUT2D eigenvalue weighted by atomic mass is 10.0. The van der Waals surface area contributed by atoms with Gasteiger partial charge in [0.2, 0.25) is 5.91 Å². The van der Waals surface area contributed by atoms with Crippen LogP contribution in [0.1, 0.15) is 31.4 Å². The third-order valence-corrected chi connectivity index (χ3v) is 3.69. The van der Waals surface area contributed by atoms with E-state index in [1.54, 1.807) is 12.1 Å². The van der Waals surface area contributed by atoms with Gasteiger partial charge in [-0.05, 0) is 30.5 Å². The van der Waals surface area contributed by atoms with E-state index in [9.17, 15) is 9.59 Å². The van der Waals surface area contributed by atoms with Crippen LogP contribution < -0.4 is 5.32 Å². The molecule has 1 saturated carbocycles. The first-order valence-electron chi connectivity index (χ1n) is 6.31. The van der Waals surface area contributed by atoms with Crippen LogP contribution in [-0.4, -0.2) is 17.0 Å². The number of rotatable bonds is 5. The molecule has 0 aromatic heterocycles. The minimum absolute atomic E-state index is 0.0974. The first-order chi connectivity index (χ1) is 9.02. The van der Waals surface area contributed by atoms with E-state index >= 15 is 0 Å². The minimum Gasteiger partial charge on any atom is -0.481 e. The van der Waals surface area contributed by atoms with Crippen molar-refractivity contribution in [2.24, 2.45) is 11.8 Å². The predicted octanol–water partition coefficient (Wildman–Crippen LogP) is 2.63. The third kappa shape index (κ3) is 3.26. The molecule has 0 spiro atoms. The fourth-order valence-electron chi connectivity index (χ4n) is 2.15.